The lowest BCUT2D eigenvalue weighted by Gasteiger charge is -2.13. The van der Waals surface area contributed by atoms with Crippen LogP contribution in [0.25, 0.3) is 5.69 Å². The number of nitrogens with zero attached hydrogens (tertiary/aromatic N) is 3. The summed E-state index contributed by atoms with van der Waals surface area (Å²) in [6.07, 6.45) is 0. The first-order valence-electron chi connectivity index (χ1n) is 9.22. The summed E-state index contributed by atoms with van der Waals surface area (Å²) in [6, 6.07) is 15.1. The molecule has 0 bridgehead atoms. The fraction of sp³-hybridized carbons (Fsp3) is 0.136. The van der Waals surface area contributed by atoms with Gasteiger partial charge < -0.3 is 4.57 Å². The number of Topliss-reactive ketones (excluding diaryl/α,β-unsaturated/α-hetero) is 1. The van der Waals surface area contributed by atoms with Crippen LogP contribution < -0.4 is 0 Å². The van der Waals surface area contributed by atoms with Crippen LogP contribution in [0.5, 0.6) is 0 Å². The summed E-state index contributed by atoms with van der Waals surface area (Å²) < 4.78 is 1.92. The molecule has 0 aliphatic carbocycles. The molecule has 0 radical (unpaired) electrons. The monoisotopic (exact) mass is 403 g/mol. The van der Waals surface area contributed by atoms with E-state index >= 15 is 0 Å². The number of amides is 2. The van der Waals surface area contributed by atoms with Crippen LogP contribution in [0.3, 0.4) is 0 Å². The smallest absolute Gasteiger partial charge is 0.282 e. The van der Waals surface area contributed by atoms with Crippen LogP contribution in [0.1, 0.15) is 42.5 Å². The van der Waals surface area contributed by atoms with Gasteiger partial charge in [0, 0.05) is 28.7 Å². The Kier molecular flexibility index (Phi) is 4.54. The normalized spacial score (nSPS) is 12.9. The number of aryl methyl sites for hydroxylation is 1. The van der Waals surface area contributed by atoms with Crippen molar-refractivity contribution in [2.75, 3.05) is 6.54 Å². The minimum atomic E-state index is -0.826. The second-order valence-corrected chi connectivity index (χ2v) is 7.03. The number of hydrogen-bond acceptors (Lipinski definition) is 5. The van der Waals surface area contributed by atoms with E-state index in [2.05, 4.69) is 0 Å². The van der Waals surface area contributed by atoms with Crippen molar-refractivity contribution in [1.82, 2.24) is 9.47 Å². The number of carbonyl (C=O) groups excluding carboxylic acids is 3. The molecule has 150 valence electrons. The summed E-state index contributed by atoms with van der Waals surface area (Å²) in [4.78, 5) is 49.7. The zero-order chi connectivity index (χ0) is 21.6. The van der Waals surface area contributed by atoms with E-state index in [0.29, 0.717) is 11.3 Å². The molecule has 0 unspecified atom stereocenters. The highest BCUT2D eigenvalue weighted by molar-refractivity contribution is 6.24. The fourth-order valence-electron chi connectivity index (χ4n) is 3.86. The van der Waals surface area contributed by atoms with E-state index in [1.807, 2.05) is 41.8 Å². The van der Waals surface area contributed by atoms with Crippen molar-refractivity contribution in [3.05, 3.63) is 92.8 Å². The molecule has 1 aliphatic rings. The number of benzene rings is 2. The first kappa shape index (κ1) is 19.3. The molecule has 8 heteroatoms. The van der Waals surface area contributed by atoms with E-state index in [9.17, 15) is 24.5 Å². The Morgan fingerprint density at radius 1 is 1.00 bits per heavy atom. The molecular formula is C22H17N3O5. The number of ketones is 1. The van der Waals surface area contributed by atoms with Gasteiger partial charge in [-0.15, -0.1) is 0 Å². The largest absolute Gasteiger partial charge is 0.318 e. The number of fused-ring (bicyclic) bond motifs is 1. The van der Waals surface area contributed by atoms with Gasteiger partial charge in [-0.3, -0.25) is 29.4 Å². The summed E-state index contributed by atoms with van der Waals surface area (Å²) in [5.41, 5.74) is 2.03. The molecule has 0 saturated heterocycles. The minimum absolute atomic E-state index is 0.0586. The summed E-state index contributed by atoms with van der Waals surface area (Å²) in [5, 5.41) is 11.2. The molecule has 3 aromatic rings. The Hall–Kier alpha value is -4.07. The second kappa shape index (κ2) is 7.07. The quantitative estimate of drug-likeness (QED) is 0.281. The third kappa shape index (κ3) is 2.89. The van der Waals surface area contributed by atoms with Crippen molar-refractivity contribution in [2.24, 2.45) is 0 Å². The molecule has 2 heterocycles. The predicted octanol–water partition coefficient (Wildman–Crippen LogP) is 3.48. The summed E-state index contributed by atoms with van der Waals surface area (Å²) in [6.45, 7) is 3.17. The number of imide groups is 1. The predicted molar refractivity (Wildman–Crippen MR) is 108 cm³/mol. The number of nitro groups is 1. The first-order chi connectivity index (χ1) is 14.3. The van der Waals surface area contributed by atoms with Gasteiger partial charge in [0.15, 0.2) is 5.78 Å². The first-order valence-corrected chi connectivity index (χ1v) is 9.22. The fourth-order valence-corrected chi connectivity index (χ4v) is 3.86. The van der Waals surface area contributed by atoms with Gasteiger partial charge in [-0.2, -0.15) is 0 Å². The molecule has 0 fully saturated rings. The molecule has 2 aromatic carbocycles. The highest BCUT2D eigenvalue weighted by Crippen LogP contribution is 2.31. The van der Waals surface area contributed by atoms with Crippen molar-refractivity contribution in [1.29, 1.82) is 0 Å². The Morgan fingerprint density at radius 2 is 1.70 bits per heavy atom. The maximum absolute atomic E-state index is 13.0. The summed E-state index contributed by atoms with van der Waals surface area (Å²) >= 11 is 0. The zero-order valence-corrected chi connectivity index (χ0v) is 16.3. The van der Waals surface area contributed by atoms with Gasteiger partial charge >= 0.3 is 0 Å². The maximum Gasteiger partial charge on any atom is 0.282 e. The Balaban J connectivity index is 1.66. The molecule has 8 nitrogen and oxygen atoms in total. The number of nitro benzene ring substituents is 1. The van der Waals surface area contributed by atoms with Crippen LogP contribution >= 0.6 is 0 Å². The number of rotatable bonds is 5. The van der Waals surface area contributed by atoms with Gasteiger partial charge in [0.25, 0.3) is 17.5 Å². The molecular weight excluding hydrogens is 386 g/mol. The van der Waals surface area contributed by atoms with Crippen LogP contribution in [-0.4, -0.2) is 38.5 Å². The molecule has 0 saturated carbocycles. The number of carbonyl (C=O) groups is 3. The van der Waals surface area contributed by atoms with Gasteiger partial charge in [0.1, 0.15) is 5.56 Å². The van der Waals surface area contributed by atoms with E-state index in [1.165, 1.54) is 18.2 Å². The lowest BCUT2D eigenvalue weighted by molar-refractivity contribution is -0.385. The zero-order valence-electron chi connectivity index (χ0n) is 16.3. The molecule has 1 aliphatic heterocycles. The van der Waals surface area contributed by atoms with Crippen molar-refractivity contribution >= 4 is 23.3 Å². The standard InChI is InChI=1S/C22H17N3O5/c1-13-11-17(14(2)24(13)15-7-4-3-5-8-15)19(26)12-23-21(27)16-9-6-10-18(25(29)30)20(16)22(23)28/h3-11H,12H2,1-2H3. The van der Waals surface area contributed by atoms with Crippen LogP contribution in [0, 0.1) is 24.0 Å². The van der Waals surface area contributed by atoms with Crippen LogP contribution in [0.2, 0.25) is 0 Å². The Morgan fingerprint density at radius 3 is 2.37 bits per heavy atom. The van der Waals surface area contributed by atoms with Crippen molar-refractivity contribution < 1.29 is 19.3 Å². The summed E-state index contributed by atoms with van der Waals surface area (Å²) in [7, 11) is 0. The maximum atomic E-state index is 13.0. The van der Waals surface area contributed by atoms with E-state index in [4.69, 9.17) is 0 Å². The molecule has 0 spiro atoms. The highest BCUT2D eigenvalue weighted by Gasteiger charge is 2.41. The third-order valence-corrected chi connectivity index (χ3v) is 5.22. The molecule has 1 aromatic heterocycles. The number of aromatic nitrogens is 1. The minimum Gasteiger partial charge on any atom is -0.318 e. The molecule has 0 N–H and O–H groups in total. The topological polar surface area (TPSA) is 103 Å². The van der Waals surface area contributed by atoms with Crippen molar-refractivity contribution in [3.63, 3.8) is 0 Å². The third-order valence-electron chi connectivity index (χ3n) is 5.22. The summed E-state index contributed by atoms with van der Waals surface area (Å²) in [5.74, 6) is -1.95. The van der Waals surface area contributed by atoms with Crippen LogP contribution in [0.4, 0.5) is 5.69 Å². The van der Waals surface area contributed by atoms with E-state index < -0.39 is 34.8 Å². The number of hydrogen-bond donors (Lipinski definition) is 0. The van der Waals surface area contributed by atoms with E-state index in [-0.39, 0.29) is 11.1 Å². The lowest BCUT2D eigenvalue weighted by atomic mass is 10.1. The van der Waals surface area contributed by atoms with Crippen molar-refractivity contribution in [3.8, 4) is 5.69 Å². The molecule has 0 atom stereocenters. The van der Waals surface area contributed by atoms with Gasteiger partial charge in [0.05, 0.1) is 17.0 Å². The Bertz CT molecular complexity index is 1230. The molecule has 2 amide bonds. The van der Waals surface area contributed by atoms with Crippen LogP contribution in [0.15, 0.2) is 54.6 Å². The average molecular weight is 403 g/mol. The van der Waals surface area contributed by atoms with Crippen molar-refractivity contribution in [2.45, 2.75) is 13.8 Å². The number of para-hydroxylation sites is 1. The Labute approximate surface area is 171 Å². The molecule has 30 heavy (non-hydrogen) atoms. The SMILES string of the molecule is Cc1cc(C(=O)CN2C(=O)c3cccc([N+](=O)[O-])c3C2=O)c(C)n1-c1ccccc1. The van der Waals surface area contributed by atoms with E-state index in [0.717, 1.165) is 16.3 Å². The highest BCUT2D eigenvalue weighted by atomic mass is 16.6. The van der Waals surface area contributed by atoms with Gasteiger partial charge in [-0.25, -0.2) is 0 Å². The van der Waals surface area contributed by atoms with Gasteiger partial charge in [-0.1, -0.05) is 24.3 Å². The van der Waals surface area contributed by atoms with Gasteiger partial charge in [-0.05, 0) is 38.1 Å². The van der Waals surface area contributed by atoms with E-state index in [1.54, 1.807) is 13.0 Å². The molecule has 4 rings (SSSR count). The van der Waals surface area contributed by atoms with Gasteiger partial charge in [0.2, 0.25) is 0 Å². The average Bonchev–Trinajstić information content (AvgIpc) is 3.16. The second-order valence-electron chi connectivity index (χ2n) is 7.03. The van der Waals surface area contributed by atoms with Crippen LogP contribution in [-0.2, 0) is 0 Å². The lowest BCUT2D eigenvalue weighted by Crippen LogP contribution is -2.35.